The smallest absolute Gasteiger partial charge is 0.243 e. The van der Waals surface area contributed by atoms with Gasteiger partial charge < -0.3 is 5.73 Å². The van der Waals surface area contributed by atoms with Crippen LogP contribution in [0.3, 0.4) is 0 Å². The minimum absolute atomic E-state index is 0.102. The number of aromatic nitrogens is 2. The Labute approximate surface area is 100 Å². The fraction of sp³-hybridized carbons (Fsp3) is 0.231. The van der Waals surface area contributed by atoms with Crippen LogP contribution < -0.4 is 10.3 Å². The number of ketones is 1. The average Bonchev–Trinajstić information content (AvgIpc) is 2.75. The Kier molecular flexibility index (Phi) is 3.35. The highest BCUT2D eigenvalue weighted by Crippen LogP contribution is 2.05. The van der Waals surface area contributed by atoms with Crippen molar-refractivity contribution in [3.63, 3.8) is 0 Å². The Morgan fingerprint density at radius 1 is 1.35 bits per heavy atom. The summed E-state index contributed by atoms with van der Waals surface area (Å²) in [5.74, 6) is 0.102. The van der Waals surface area contributed by atoms with Gasteiger partial charge in [-0.3, -0.25) is 4.79 Å². The van der Waals surface area contributed by atoms with Crippen molar-refractivity contribution in [1.82, 2.24) is 4.57 Å². The molecule has 0 aliphatic carbocycles. The zero-order valence-corrected chi connectivity index (χ0v) is 9.84. The molecule has 88 valence electrons. The molecule has 2 aromatic rings. The Hall–Kier alpha value is -1.94. The van der Waals surface area contributed by atoms with Crippen molar-refractivity contribution in [2.75, 3.05) is 0 Å². The third-order valence-corrected chi connectivity index (χ3v) is 2.66. The number of carbonyl (C=O) groups excluding carboxylic acids is 1. The molecule has 1 aromatic carbocycles. The van der Waals surface area contributed by atoms with Crippen LogP contribution in [0.1, 0.15) is 15.9 Å². The molecule has 0 fully saturated rings. The van der Waals surface area contributed by atoms with Gasteiger partial charge in [-0.1, -0.05) is 24.3 Å². The van der Waals surface area contributed by atoms with Crippen molar-refractivity contribution < 1.29 is 9.36 Å². The maximum Gasteiger partial charge on any atom is 0.243 e. The summed E-state index contributed by atoms with van der Waals surface area (Å²) in [5, 5.41) is 0. The summed E-state index contributed by atoms with van der Waals surface area (Å²) >= 11 is 0. The molecule has 0 saturated carbocycles. The monoisotopic (exact) mass is 230 g/mol. The lowest BCUT2D eigenvalue weighted by atomic mass is 10.1. The SMILES string of the molecule is C[n+]1ccn(CC(=O)c2ccc(CN)cc2)c1. The number of imidazole rings is 1. The molecule has 2 rings (SSSR count). The molecular formula is C13H16N3O+. The van der Waals surface area contributed by atoms with Gasteiger partial charge in [0.05, 0.1) is 7.05 Å². The first kappa shape index (κ1) is 11.5. The molecule has 0 aliphatic rings. The Balaban J connectivity index is 2.09. The number of hydrogen-bond acceptors (Lipinski definition) is 2. The normalized spacial score (nSPS) is 10.5. The number of Topliss-reactive ketones (excluding diaryl/α,β-unsaturated/α-hetero) is 1. The van der Waals surface area contributed by atoms with Crippen LogP contribution in [-0.4, -0.2) is 10.4 Å². The molecule has 2 N–H and O–H groups in total. The van der Waals surface area contributed by atoms with Gasteiger partial charge in [0.1, 0.15) is 12.4 Å². The van der Waals surface area contributed by atoms with Crippen molar-refractivity contribution >= 4 is 5.78 Å². The van der Waals surface area contributed by atoms with Gasteiger partial charge in [-0.05, 0) is 5.56 Å². The van der Waals surface area contributed by atoms with E-state index in [1.54, 1.807) is 0 Å². The molecule has 0 aliphatic heterocycles. The number of rotatable bonds is 4. The van der Waals surface area contributed by atoms with Gasteiger partial charge in [0.2, 0.25) is 12.1 Å². The van der Waals surface area contributed by atoms with Gasteiger partial charge in [0.15, 0.2) is 6.54 Å². The van der Waals surface area contributed by atoms with E-state index in [1.807, 2.05) is 59.2 Å². The predicted octanol–water partition coefficient (Wildman–Crippen LogP) is 0.654. The van der Waals surface area contributed by atoms with E-state index in [4.69, 9.17) is 5.73 Å². The summed E-state index contributed by atoms with van der Waals surface area (Å²) in [6.45, 7) is 0.866. The van der Waals surface area contributed by atoms with Gasteiger partial charge in [-0.2, -0.15) is 0 Å². The van der Waals surface area contributed by atoms with E-state index in [2.05, 4.69) is 0 Å². The minimum Gasteiger partial charge on any atom is -0.326 e. The van der Waals surface area contributed by atoms with Gasteiger partial charge in [-0.15, -0.1) is 0 Å². The highest BCUT2D eigenvalue weighted by molar-refractivity contribution is 5.95. The van der Waals surface area contributed by atoms with Crippen molar-refractivity contribution in [3.8, 4) is 0 Å². The number of carbonyl (C=O) groups is 1. The van der Waals surface area contributed by atoms with Crippen LogP contribution in [0.25, 0.3) is 0 Å². The molecule has 0 spiro atoms. The van der Waals surface area contributed by atoms with E-state index >= 15 is 0 Å². The predicted molar refractivity (Wildman–Crippen MR) is 64.3 cm³/mol. The number of benzene rings is 1. The van der Waals surface area contributed by atoms with E-state index in [0.29, 0.717) is 13.1 Å². The zero-order chi connectivity index (χ0) is 12.3. The molecular weight excluding hydrogens is 214 g/mol. The summed E-state index contributed by atoms with van der Waals surface area (Å²) in [6.07, 6.45) is 5.67. The van der Waals surface area contributed by atoms with Gasteiger partial charge in [0.25, 0.3) is 0 Å². The summed E-state index contributed by atoms with van der Waals surface area (Å²) in [7, 11) is 1.93. The third-order valence-electron chi connectivity index (χ3n) is 2.66. The average molecular weight is 230 g/mol. The van der Waals surface area contributed by atoms with Crippen LogP contribution in [0.15, 0.2) is 43.0 Å². The van der Waals surface area contributed by atoms with E-state index in [9.17, 15) is 4.79 Å². The fourth-order valence-electron chi connectivity index (χ4n) is 1.68. The molecule has 0 saturated heterocycles. The molecule has 17 heavy (non-hydrogen) atoms. The lowest BCUT2D eigenvalue weighted by Crippen LogP contribution is -2.24. The van der Waals surface area contributed by atoms with Crippen LogP contribution in [0, 0.1) is 0 Å². The molecule has 0 atom stereocenters. The highest BCUT2D eigenvalue weighted by atomic mass is 16.1. The van der Waals surface area contributed by atoms with Gasteiger partial charge in [0, 0.05) is 12.1 Å². The third kappa shape index (κ3) is 2.79. The molecule has 4 nitrogen and oxygen atoms in total. The van der Waals surface area contributed by atoms with E-state index < -0.39 is 0 Å². The lowest BCUT2D eigenvalue weighted by molar-refractivity contribution is -0.671. The Morgan fingerprint density at radius 2 is 2.06 bits per heavy atom. The van der Waals surface area contributed by atoms with Gasteiger partial charge in [-0.25, -0.2) is 9.13 Å². The first-order valence-electron chi connectivity index (χ1n) is 5.52. The van der Waals surface area contributed by atoms with Crippen LogP contribution in [-0.2, 0) is 20.1 Å². The number of nitrogens with two attached hydrogens (primary N) is 1. The first-order valence-corrected chi connectivity index (χ1v) is 5.52. The van der Waals surface area contributed by atoms with E-state index in [0.717, 1.165) is 11.1 Å². The Morgan fingerprint density at radius 3 is 2.59 bits per heavy atom. The maximum atomic E-state index is 12.0. The fourth-order valence-corrected chi connectivity index (χ4v) is 1.68. The van der Waals surface area contributed by atoms with Crippen LogP contribution in [0.2, 0.25) is 0 Å². The molecule has 0 unspecified atom stereocenters. The molecule has 0 amide bonds. The van der Waals surface area contributed by atoms with E-state index in [1.165, 1.54) is 0 Å². The van der Waals surface area contributed by atoms with Crippen molar-refractivity contribution in [1.29, 1.82) is 0 Å². The molecule has 4 heteroatoms. The van der Waals surface area contributed by atoms with Crippen molar-refractivity contribution in [2.24, 2.45) is 12.8 Å². The largest absolute Gasteiger partial charge is 0.326 e. The lowest BCUT2D eigenvalue weighted by Gasteiger charge is -2.00. The molecule has 1 aromatic heterocycles. The van der Waals surface area contributed by atoms with Gasteiger partial charge >= 0.3 is 0 Å². The summed E-state index contributed by atoms with van der Waals surface area (Å²) < 4.78 is 3.77. The Bertz CT molecular complexity index is 514. The summed E-state index contributed by atoms with van der Waals surface area (Å²) in [6, 6.07) is 7.44. The second-order valence-corrected chi connectivity index (χ2v) is 4.08. The van der Waals surface area contributed by atoms with Crippen LogP contribution >= 0.6 is 0 Å². The second-order valence-electron chi connectivity index (χ2n) is 4.08. The summed E-state index contributed by atoms with van der Waals surface area (Å²) in [5.41, 5.74) is 7.27. The zero-order valence-electron chi connectivity index (χ0n) is 9.84. The topological polar surface area (TPSA) is 51.9 Å². The highest BCUT2D eigenvalue weighted by Gasteiger charge is 2.10. The standard InChI is InChI=1S/C13H16N3O/c1-15-6-7-16(10-15)9-13(17)12-4-2-11(8-14)3-5-12/h2-7,10H,8-9,14H2,1H3/q+1. The van der Waals surface area contributed by atoms with Crippen LogP contribution in [0.5, 0.6) is 0 Å². The quantitative estimate of drug-likeness (QED) is 0.619. The first-order chi connectivity index (χ1) is 8.19. The van der Waals surface area contributed by atoms with Crippen molar-refractivity contribution in [2.45, 2.75) is 13.1 Å². The number of hydrogen-bond donors (Lipinski definition) is 1. The molecule has 0 radical (unpaired) electrons. The van der Waals surface area contributed by atoms with Crippen LogP contribution in [0.4, 0.5) is 0 Å². The van der Waals surface area contributed by atoms with Crippen molar-refractivity contribution in [3.05, 3.63) is 54.1 Å². The van der Waals surface area contributed by atoms with E-state index in [-0.39, 0.29) is 5.78 Å². The molecule has 0 bridgehead atoms. The maximum absolute atomic E-state index is 12.0. The summed E-state index contributed by atoms with van der Waals surface area (Å²) in [4.78, 5) is 12.0. The number of aryl methyl sites for hydroxylation is 1. The number of nitrogens with zero attached hydrogens (tertiary/aromatic N) is 2. The minimum atomic E-state index is 0.102. The molecule has 1 heterocycles. The second kappa shape index (κ2) is 4.93.